The minimum Gasteiger partial charge on any atom is -0.301 e. The predicted molar refractivity (Wildman–Crippen MR) is 85.1 cm³/mol. The van der Waals surface area contributed by atoms with Crippen LogP contribution in [0.25, 0.3) is 0 Å². The molecular weight excluding hydrogens is 326 g/mol. The van der Waals surface area contributed by atoms with Crippen molar-refractivity contribution in [2.24, 2.45) is 5.10 Å². The normalized spacial score (nSPS) is 10.6. The Morgan fingerprint density at radius 3 is 2.73 bits per heavy atom. The minimum absolute atomic E-state index is 0.0369. The Kier molecular flexibility index (Phi) is 5.56. The highest BCUT2D eigenvalue weighted by Crippen LogP contribution is 2.15. The van der Waals surface area contributed by atoms with Crippen molar-refractivity contribution in [2.45, 2.75) is 13.3 Å². The first-order valence-corrected chi connectivity index (χ1v) is 7.40. The number of hydrogen-bond donors (Lipinski definition) is 2. The predicted octanol–water partition coefficient (Wildman–Crippen LogP) is 1.84. The number of aromatic nitrogens is 2. The monoisotopic (exact) mass is 337 g/mol. The highest BCUT2D eigenvalue weighted by Gasteiger charge is 2.09. The molecule has 0 aliphatic carbocycles. The van der Waals surface area contributed by atoms with Crippen molar-refractivity contribution < 1.29 is 9.59 Å². The zero-order valence-corrected chi connectivity index (χ0v) is 13.1. The van der Waals surface area contributed by atoms with Crippen LogP contribution in [-0.4, -0.2) is 28.2 Å². The molecule has 7 nitrogen and oxygen atoms in total. The van der Waals surface area contributed by atoms with Crippen LogP contribution < -0.4 is 10.7 Å². The number of nitrogens with one attached hydrogen (secondary N) is 2. The number of carbonyl (C=O) groups is 2. The van der Waals surface area contributed by atoms with E-state index >= 15 is 0 Å². The molecule has 0 aliphatic rings. The van der Waals surface area contributed by atoms with E-state index in [1.54, 1.807) is 24.3 Å². The second-order valence-corrected chi connectivity index (χ2v) is 5.70. The molecule has 0 radical (unpaired) electrons. The van der Waals surface area contributed by atoms with Crippen LogP contribution in [0.1, 0.15) is 17.5 Å². The molecule has 0 unspecified atom stereocenters. The molecule has 1 heterocycles. The molecule has 2 amide bonds. The Hall–Kier alpha value is -2.32. The largest absolute Gasteiger partial charge is 0.301 e. The SMILES string of the molecule is CC(=O)Nc1nnc(CC(=O)N/N=C/c2ccc(Cl)cc2)s1. The molecule has 1 aromatic carbocycles. The zero-order chi connectivity index (χ0) is 15.9. The number of amides is 2. The van der Waals surface area contributed by atoms with E-state index in [-0.39, 0.29) is 18.2 Å². The molecule has 0 aliphatic heterocycles. The molecule has 2 aromatic rings. The van der Waals surface area contributed by atoms with Crippen LogP contribution in [0.4, 0.5) is 5.13 Å². The molecule has 2 rings (SSSR count). The first-order chi connectivity index (χ1) is 10.5. The fourth-order valence-electron chi connectivity index (χ4n) is 1.43. The number of hydrogen-bond acceptors (Lipinski definition) is 6. The van der Waals surface area contributed by atoms with E-state index in [0.717, 1.165) is 16.9 Å². The van der Waals surface area contributed by atoms with Gasteiger partial charge in [-0.2, -0.15) is 5.10 Å². The summed E-state index contributed by atoms with van der Waals surface area (Å²) in [5, 5.41) is 15.4. The lowest BCUT2D eigenvalue weighted by Crippen LogP contribution is -2.19. The molecule has 0 spiro atoms. The van der Waals surface area contributed by atoms with Gasteiger partial charge in [0.25, 0.3) is 0 Å². The Bertz CT molecular complexity index is 699. The standard InChI is InChI=1S/C13H12ClN5O2S/c1-8(20)16-13-19-18-12(22-13)6-11(21)17-15-7-9-2-4-10(14)5-3-9/h2-5,7H,6H2,1H3,(H,17,21)(H,16,19,20)/b15-7+. The van der Waals surface area contributed by atoms with Crippen molar-refractivity contribution in [3.63, 3.8) is 0 Å². The molecule has 114 valence electrons. The number of carbonyl (C=O) groups excluding carboxylic acids is 2. The van der Waals surface area contributed by atoms with Crippen molar-refractivity contribution in [2.75, 3.05) is 5.32 Å². The van der Waals surface area contributed by atoms with E-state index in [0.29, 0.717) is 15.2 Å². The number of halogens is 1. The van der Waals surface area contributed by atoms with Crippen LogP contribution in [0.3, 0.4) is 0 Å². The summed E-state index contributed by atoms with van der Waals surface area (Å²) < 4.78 is 0. The quantitative estimate of drug-likeness (QED) is 0.642. The molecule has 2 N–H and O–H groups in total. The fourth-order valence-corrected chi connectivity index (χ4v) is 2.34. The molecule has 1 aromatic heterocycles. The highest BCUT2D eigenvalue weighted by molar-refractivity contribution is 7.15. The summed E-state index contributed by atoms with van der Waals surface area (Å²) in [4.78, 5) is 22.6. The first-order valence-electron chi connectivity index (χ1n) is 6.20. The minimum atomic E-state index is -0.323. The molecular formula is C13H12ClN5O2S. The van der Waals surface area contributed by atoms with Crippen LogP contribution in [0.15, 0.2) is 29.4 Å². The molecule has 0 bridgehead atoms. The third-order valence-corrected chi connectivity index (χ3v) is 3.43. The van der Waals surface area contributed by atoms with E-state index in [1.165, 1.54) is 13.1 Å². The highest BCUT2D eigenvalue weighted by atomic mass is 35.5. The Morgan fingerprint density at radius 1 is 1.32 bits per heavy atom. The van der Waals surface area contributed by atoms with Crippen LogP contribution in [0.5, 0.6) is 0 Å². The van der Waals surface area contributed by atoms with E-state index < -0.39 is 0 Å². The lowest BCUT2D eigenvalue weighted by atomic mass is 10.2. The average molecular weight is 338 g/mol. The van der Waals surface area contributed by atoms with E-state index in [1.807, 2.05) is 0 Å². The first kappa shape index (κ1) is 16.1. The Balaban J connectivity index is 1.83. The van der Waals surface area contributed by atoms with Gasteiger partial charge in [0.05, 0.1) is 12.6 Å². The van der Waals surface area contributed by atoms with Crippen LogP contribution in [0.2, 0.25) is 5.02 Å². The van der Waals surface area contributed by atoms with Gasteiger partial charge in [-0.25, -0.2) is 5.43 Å². The van der Waals surface area contributed by atoms with Gasteiger partial charge in [0.2, 0.25) is 16.9 Å². The number of hydrazone groups is 1. The van der Waals surface area contributed by atoms with Crippen LogP contribution in [-0.2, 0) is 16.0 Å². The maximum Gasteiger partial charge on any atom is 0.247 e. The maximum atomic E-state index is 11.7. The second-order valence-electron chi connectivity index (χ2n) is 4.20. The summed E-state index contributed by atoms with van der Waals surface area (Å²) in [5.41, 5.74) is 3.21. The van der Waals surface area contributed by atoms with Gasteiger partial charge in [-0.05, 0) is 17.7 Å². The van der Waals surface area contributed by atoms with Gasteiger partial charge in [0, 0.05) is 11.9 Å². The van der Waals surface area contributed by atoms with Crippen molar-refractivity contribution in [1.29, 1.82) is 0 Å². The lowest BCUT2D eigenvalue weighted by molar-refractivity contribution is -0.120. The van der Waals surface area contributed by atoms with E-state index in [2.05, 4.69) is 26.0 Å². The molecule has 0 saturated heterocycles. The Morgan fingerprint density at radius 2 is 2.05 bits per heavy atom. The number of anilines is 1. The van der Waals surface area contributed by atoms with Gasteiger partial charge < -0.3 is 5.32 Å². The Labute approximate surface area is 135 Å². The summed E-state index contributed by atoms with van der Waals surface area (Å²) in [6.07, 6.45) is 1.55. The summed E-state index contributed by atoms with van der Waals surface area (Å²) in [7, 11) is 0. The van der Waals surface area contributed by atoms with Gasteiger partial charge in [0.1, 0.15) is 5.01 Å². The zero-order valence-electron chi connectivity index (χ0n) is 11.5. The van der Waals surface area contributed by atoms with E-state index in [9.17, 15) is 9.59 Å². The van der Waals surface area contributed by atoms with Gasteiger partial charge >= 0.3 is 0 Å². The second kappa shape index (κ2) is 7.62. The maximum absolute atomic E-state index is 11.7. The molecule has 22 heavy (non-hydrogen) atoms. The topological polar surface area (TPSA) is 96.3 Å². The van der Waals surface area contributed by atoms with Crippen LogP contribution in [0, 0.1) is 0 Å². The summed E-state index contributed by atoms with van der Waals surface area (Å²) >= 11 is 6.91. The fraction of sp³-hybridized carbons (Fsp3) is 0.154. The summed E-state index contributed by atoms with van der Waals surface area (Å²) in [6, 6.07) is 7.02. The van der Waals surface area contributed by atoms with Gasteiger partial charge in [-0.15, -0.1) is 10.2 Å². The third kappa shape index (κ3) is 5.23. The molecule has 0 saturated carbocycles. The van der Waals surface area contributed by atoms with Gasteiger partial charge in [0.15, 0.2) is 0 Å². The van der Waals surface area contributed by atoms with Crippen molar-refractivity contribution in [3.8, 4) is 0 Å². The summed E-state index contributed by atoms with van der Waals surface area (Å²) in [6.45, 7) is 1.37. The van der Waals surface area contributed by atoms with Gasteiger partial charge in [-0.3, -0.25) is 9.59 Å². The number of benzene rings is 1. The smallest absolute Gasteiger partial charge is 0.247 e. The average Bonchev–Trinajstić information content (AvgIpc) is 2.87. The molecule has 0 fully saturated rings. The van der Waals surface area contributed by atoms with Gasteiger partial charge in [-0.1, -0.05) is 35.1 Å². The molecule has 9 heteroatoms. The van der Waals surface area contributed by atoms with Crippen molar-refractivity contribution in [1.82, 2.24) is 15.6 Å². The molecule has 0 atom stereocenters. The number of rotatable bonds is 5. The van der Waals surface area contributed by atoms with Crippen molar-refractivity contribution >= 4 is 46.1 Å². The summed E-state index contributed by atoms with van der Waals surface area (Å²) in [5.74, 6) is -0.560. The lowest BCUT2D eigenvalue weighted by Gasteiger charge is -1.96. The third-order valence-electron chi connectivity index (χ3n) is 2.33. The van der Waals surface area contributed by atoms with Crippen molar-refractivity contribution in [3.05, 3.63) is 39.9 Å². The van der Waals surface area contributed by atoms with Crippen LogP contribution >= 0.6 is 22.9 Å². The number of nitrogens with zero attached hydrogens (tertiary/aromatic N) is 3. The van der Waals surface area contributed by atoms with E-state index in [4.69, 9.17) is 11.6 Å².